The van der Waals surface area contributed by atoms with Gasteiger partial charge in [-0.25, -0.2) is 0 Å². The lowest BCUT2D eigenvalue weighted by molar-refractivity contribution is -0.141. The number of carbonyl (C=O) groups is 1. The summed E-state index contributed by atoms with van der Waals surface area (Å²) >= 11 is 0. The minimum Gasteiger partial charge on any atom is -0.351 e. The average molecular weight is 408 g/mol. The number of piperidine rings is 1. The molecule has 0 aliphatic carbocycles. The zero-order valence-electron chi connectivity index (χ0n) is 16.9. The number of amides is 1. The van der Waals surface area contributed by atoms with Crippen molar-refractivity contribution in [2.45, 2.75) is 46.1 Å². The van der Waals surface area contributed by atoms with Crippen LogP contribution in [0.3, 0.4) is 0 Å². The molecule has 0 bridgehead atoms. The molecule has 0 spiro atoms. The fraction of sp³-hybridized carbons (Fsp3) is 0.524. The van der Waals surface area contributed by atoms with E-state index in [-0.39, 0.29) is 30.3 Å². The minimum absolute atomic E-state index is 0.0209. The maximum atomic E-state index is 12.8. The second-order valence-electron chi connectivity index (χ2n) is 8.05. The van der Waals surface area contributed by atoms with Gasteiger partial charge >= 0.3 is 6.18 Å². The molecule has 1 aliphatic rings. The summed E-state index contributed by atoms with van der Waals surface area (Å²) in [6.45, 7) is 8.06. The van der Waals surface area contributed by atoms with Crippen molar-refractivity contribution in [2.75, 3.05) is 13.1 Å². The van der Waals surface area contributed by atoms with E-state index in [1.807, 2.05) is 18.2 Å². The predicted octanol–water partition coefficient (Wildman–Crippen LogP) is 3.48. The first kappa shape index (κ1) is 21.4. The van der Waals surface area contributed by atoms with Crippen LogP contribution in [0.1, 0.15) is 30.8 Å². The van der Waals surface area contributed by atoms with Crippen molar-refractivity contribution < 1.29 is 18.0 Å². The van der Waals surface area contributed by atoms with E-state index in [9.17, 15) is 18.0 Å². The topological polar surface area (TPSA) is 50.2 Å². The largest absolute Gasteiger partial charge is 0.435 e. The third kappa shape index (κ3) is 5.38. The predicted molar refractivity (Wildman–Crippen MR) is 104 cm³/mol. The molecule has 1 aromatic carbocycles. The molecule has 2 atom stereocenters. The van der Waals surface area contributed by atoms with Gasteiger partial charge in [0.05, 0.1) is 0 Å². The lowest BCUT2D eigenvalue weighted by atomic mass is 9.85. The SMILES string of the molecule is Cc1cc(C(F)(F)F)nn1CC(=O)NC1C(C)CN(Cc2ccccc2)CC1C. The van der Waals surface area contributed by atoms with Gasteiger partial charge in [-0.15, -0.1) is 0 Å². The van der Waals surface area contributed by atoms with Crippen molar-refractivity contribution in [3.05, 3.63) is 53.3 Å². The van der Waals surface area contributed by atoms with E-state index in [4.69, 9.17) is 0 Å². The normalized spacial score (nSPS) is 23.2. The van der Waals surface area contributed by atoms with Crippen LogP contribution in [0.5, 0.6) is 0 Å². The summed E-state index contributed by atoms with van der Waals surface area (Å²) in [7, 11) is 0. The molecular formula is C21H27F3N4O. The van der Waals surface area contributed by atoms with E-state index < -0.39 is 11.9 Å². The van der Waals surface area contributed by atoms with Crippen molar-refractivity contribution in [1.82, 2.24) is 20.0 Å². The number of halogens is 3. The summed E-state index contributed by atoms with van der Waals surface area (Å²) in [6.07, 6.45) is -4.51. The average Bonchev–Trinajstić information content (AvgIpc) is 3.00. The highest BCUT2D eigenvalue weighted by Gasteiger charge is 2.35. The van der Waals surface area contributed by atoms with Crippen molar-refractivity contribution in [2.24, 2.45) is 11.8 Å². The molecule has 5 nitrogen and oxygen atoms in total. The van der Waals surface area contributed by atoms with Gasteiger partial charge in [0, 0.05) is 31.4 Å². The van der Waals surface area contributed by atoms with Crippen LogP contribution < -0.4 is 5.32 Å². The summed E-state index contributed by atoms with van der Waals surface area (Å²) in [5.41, 5.74) is 0.592. The number of likely N-dealkylation sites (tertiary alicyclic amines) is 1. The number of hydrogen-bond donors (Lipinski definition) is 1. The molecule has 3 rings (SSSR count). The Morgan fingerprint density at radius 1 is 1.17 bits per heavy atom. The second kappa shape index (κ2) is 8.57. The summed E-state index contributed by atoms with van der Waals surface area (Å²) in [5.74, 6) is 0.150. The maximum Gasteiger partial charge on any atom is 0.435 e. The quantitative estimate of drug-likeness (QED) is 0.824. The molecule has 8 heteroatoms. The Bertz CT molecular complexity index is 822. The molecule has 1 aromatic heterocycles. The van der Waals surface area contributed by atoms with Gasteiger partial charge < -0.3 is 5.32 Å². The number of carbonyl (C=O) groups excluding carboxylic acids is 1. The summed E-state index contributed by atoms with van der Waals surface area (Å²) < 4.78 is 39.5. The van der Waals surface area contributed by atoms with Crippen LogP contribution in [-0.2, 0) is 24.1 Å². The molecule has 1 amide bonds. The zero-order valence-corrected chi connectivity index (χ0v) is 16.9. The van der Waals surface area contributed by atoms with Crippen LogP contribution in [-0.4, -0.2) is 39.7 Å². The third-order valence-electron chi connectivity index (χ3n) is 5.46. The molecule has 1 N–H and O–H groups in total. The Morgan fingerprint density at radius 2 is 1.79 bits per heavy atom. The van der Waals surface area contributed by atoms with Crippen LogP contribution in [0.15, 0.2) is 36.4 Å². The molecule has 1 saturated heterocycles. The number of benzene rings is 1. The molecule has 1 fully saturated rings. The van der Waals surface area contributed by atoms with Crippen LogP contribution >= 0.6 is 0 Å². The molecule has 2 aromatic rings. The lowest BCUT2D eigenvalue weighted by Gasteiger charge is -2.41. The van der Waals surface area contributed by atoms with Crippen molar-refractivity contribution in [3.8, 4) is 0 Å². The van der Waals surface area contributed by atoms with E-state index >= 15 is 0 Å². The first-order chi connectivity index (χ1) is 13.6. The lowest BCUT2D eigenvalue weighted by Crippen LogP contribution is -2.55. The number of aromatic nitrogens is 2. The highest BCUT2D eigenvalue weighted by Crippen LogP contribution is 2.28. The van der Waals surface area contributed by atoms with Crippen LogP contribution in [0.4, 0.5) is 13.2 Å². The molecule has 0 saturated carbocycles. The Morgan fingerprint density at radius 3 is 2.34 bits per heavy atom. The Labute approximate surface area is 168 Å². The van der Waals surface area contributed by atoms with Crippen LogP contribution in [0.2, 0.25) is 0 Å². The van der Waals surface area contributed by atoms with E-state index in [1.165, 1.54) is 12.5 Å². The van der Waals surface area contributed by atoms with Gasteiger partial charge in [-0.2, -0.15) is 18.3 Å². The molecule has 0 radical (unpaired) electrons. The Kier molecular flexibility index (Phi) is 6.31. The van der Waals surface area contributed by atoms with E-state index in [0.29, 0.717) is 5.69 Å². The van der Waals surface area contributed by atoms with Crippen molar-refractivity contribution in [3.63, 3.8) is 0 Å². The number of nitrogens with one attached hydrogen (secondary N) is 1. The fourth-order valence-electron chi connectivity index (χ4n) is 4.11. The van der Waals surface area contributed by atoms with Gasteiger partial charge in [0.1, 0.15) is 6.54 Å². The summed E-state index contributed by atoms with van der Waals surface area (Å²) in [5, 5.41) is 6.55. The van der Waals surface area contributed by atoms with Gasteiger partial charge in [0.25, 0.3) is 0 Å². The number of hydrogen-bond acceptors (Lipinski definition) is 3. The van der Waals surface area contributed by atoms with Crippen molar-refractivity contribution in [1.29, 1.82) is 0 Å². The Hall–Kier alpha value is -2.35. The first-order valence-electron chi connectivity index (χ1n) is 9.80. The van der Waals surface area contributed by atoms with Gasteiger partial charge in [-0.05, 0) is 30.4 Å². The van der Waals surface area contributed by atoms with Gasteiger partial charge in [-0.1, -0.05) is 44.2 Å². The standard InChI is InChI=1S/C21H27F3N4O/c1-14-10-27(12-17-7-5-4-6-8-17)11-15(2)20(14)25-19(29)13-28-16(3)9-18(26-28)21(22,23)24/h4-9,14-15,20H,10-13H2,1-3H3,(H,25,29). The van der Waals surface area contributed by atoms with Gasteiger partial charge in [-0.3, -0.25) is 14.4 Å². The Balaban J connectivity index is 1.58. The third-order valence-corrected chi connectivity index (χ3v) is 5.46. The molecule has 29 heavy (non-hydrogen) atoms. The van der Waals surface area contributed by atoms with Crippen molar-refractivity contribution >= 4 is 5.91 Å². The molecular weight excluding hydrogens is 381 g/mol. The smallest absolute Gasteiger partial charge is 0.351 e. The highest BCUT2D eigenvalue weighted by molar-refractivity contribution is 5.76. The number of alkyl halides is 3. The van der Waals surface area contributed by atoms with Gasteiger partial charge in [0.15, 0.2) is 5.69 Å². The molecule has 2 unspecified atom stereocenters. The highest BCUT2D eigenvalue weighted by atomic mass is 19.4. The van der Waals surface area contributed by atoms with E-state index in [0.717, 1.165) is 30.4 Å². The summed E-state index contributed by atoms with van der Waals surface area (Å²) in [6, 6.07) is 11.2. The minimum atomic E-state index is -4.51. The monoisotopic (exact) mass is 408 g/mol. The van der Waals surface area contributed by atoms with Crippen LogP contribution in [0, 0.1) is 18.8 Å². The zero-order chi connectivity index (χ0) is 21.2. The van der Waals surface area contributed by atoms with E-state index in [2.05, 4.69) is 41.3 Å². The molecule has 158 valence electrons. The number of aryl methyl sites for hydroxylation is 1. The molecule has 1 aliphatic heterocycles. The first-order valence-corrected chi connectivity index (χ1v) is 9.80. The van der Waals surface area contributed by atoms with E-state index in [1.54, 1.807) is 0 Å². The second-order valence-corrected chi connectivity index (χ2v) is 8.05. The molecule has 2 heterocycles. The number of rotatable bonds is 5. The van der Waals surface area contributed by atoms with Crippen LogP contribution in [0.25, 0.3) is 0 Å². The maximum absolute atomic E-state index is 12.8. The fourth-order valence-corrected chi connectivity index (χ4v) is 4.11. The van der Waals surface area contributed by atoms with Gasteiger partial charge in [0.2, 0.25) is 5.91 Å². The summed E-state index contributed by atoms with van der Waals surface area (Å²) in [4.78, 5) is 14.9. The number of nitrogens with zero attached hydrogens (tertiary/aromatic N) is 3.